The van der Waals surface area contributed by atoms with Crippen molar-refractivity contribution in [1.29, 1.82) is 0 Å². The molecule has 0 radical (unpaired) electrons. The molecule has 142 valence electrons. The van der Waals surface area contributed by atoms with Crippen LogP contribution in [0, 0.1) is 0 Å². The highest BCUT2D eigenvalue weighted by Gasteiger charge is 2.17. The summed E-state index contributed by atoms with van der Waals surface area (Å²) in [4.78, 5) is 20.2. The molecular formula is C18H20ClN5O2S. The van der Waals surface area contributed by atoms with Crippen LogP contribution >= 0.6 is 22.9 Å². The summed E-state index contributed by atoms with van der Waals surface area (Å²) in [7, 11) is 0. The van der Waals surface area contributed by atoms with Crippen LogP contribution in [0.4, 0.5) is 0 Å². The summed E-state index contributed by atoms with van der Waals surface area (Å²) in [6.07, 6.45) is 4.16. The predicted octanol–water partition coefficient (Wildman–Crippen LogP) is 2.56. The molecule has 0 aliphatic carbocycles. The van der Waals surface area contributed by atoms with Crippen molar-refractivity contribution in [2.24, 2.45) is 0 Å². The zero-order chi connectivity index (χ0) is 18.6. The molecule has 3 aromatic heterocycles. The Hall–Kier alpha value is -2.00. The van der Waals surface area contributed by atoms with Crippen molar-refractivity contribution in [3.05, 3.63) is 40.5 Å². The first-order valence-electron chi connectivity index (χ1n) is 8.89. The predicted molar refractivity (Wildman–Crippen MR) is 106 cm³/mol. The maximum Gasteiger partial charge on any atom is 0.256 e. The molecule has 4 rings (SSSR count). The number of hydrogen-bond acceptors (Lipinski definition) is 6. The fraction of sp³-hybridized carbons (Fsp3) is 0.389. The second-order valence-corrected chi connectivity index (χ2v) is 8.01. The van der Waals surface area contributed by atoms with Crippen molar-refractivity contribution < 1.29 is 9.53 Å². The van der Waals surface area contributed by atoms with Gasteiger partial charge in [0, 0.05) is 25.8 Å². The largest absolute Gasteiger partial charge is 0.379 e. The number of hydrogen-bond donors (Lipinski definition) is 1. The highest BCUT2D eigenvalue weighted by atomic mass is 35.5. The molecule has 1 aliphatic heterocycles. The normalized spacial score (nSPS) is 15.3. The van der Waals surface area contributed by atoms with Gasteiger partial charge >= 0.3 is 0 Å². The quantitative estimate of drug-likeness (QED) is 0.638. The topological polar surface area (TPSA) is 71.8 Å². The summed E-state index contributed by atoms with van der Waals surface area (Å²) in [5.41, 5.74) is 1.89. The average molecular weight is 406 g/mol. The second-order valence-electron chi connectivity index (χ2n) is 6.29. The van der Waals surface area contributed by atoms with Crippen LogP contribution < -0.4 is 5.32 Å². The number of aromatic nitrogens is 3. The van der Waals surface area contributed by atoms with Crippen molar-refractivity contribution >= 4 is 34.5 Å². The molecular weight excluding hydrogens is 386 g/mol. The van der Waals surface area contributed by atoms with E-state index in [9.17, 15) is 4.79 Å². The van der Waals surface area contributed by atoms with E-state index in [0.717, 1.165) is 49.8 Å². The standard InChI is InChI=1S/C18H20ClN5O2S/c19-16-3-2-15(27-16)14-4-6-20-17-13(12-22-24(14)17)18(25)21-5-1-7-23-8-10-26-11-9-23/h2-4,6,12H,1,5,7-11H2,(H,21,25). The summed E-state index contributed by atoms with van der Waals surface area (Å²) < 4.78 is 7.74. The van der Waals surface area contributed by atoms with E-state index in [4.69, 9.17) is 16.3 Å². The Balaban J connectivity index is 1.42. The molecule has 0 atom stereocenters. The summed E-state index contributed by atoms with van der Waals surface area (Å²) in [5, 5.41) is 7.33. The number of ether oxygens (including phenoxy) is 1. The van der Waals surface area contributed by atoms with E-state index in [1.807, 2.05) is 18.2 Å². The van der Waals surface area contributed by atoms with Gasteiger partial charge in [0.25, 0.3) is 5.91 Å². The van der Waals surface area contributed by atoms with Crippen LogP contribution in [0.25, 0.3) is 16.2 Å². The lowest BCUT2D eigenvalue weighted by molar-refractivity contribution is 0.0374. The summed E-state index contributed by atoms with van der Waals surface area (Å²) >= 11 is 7.51. The van der Waals surface area contributed by atoms with Crippen molar-refractivity contribution in [3.8, 4) is 10.6 Å². The Labute approximate surface area is 165 Å². The average Bonchev–Trinajstić information content (AvgIpc) is 3.32. The summed E-state index contributed by atoms with van der Waals surface area (Å²) in [6, 6.07) is 5.65. The first kappa shape index (κ1) is 18.4. The molecule has 1 aliphatic rings. The third-order valence-corrected chi connectivity index (χ3v) is 5.77. The molecule has 0 aromatic carbocycles. The highest BCUT2D eigenvalue weighted by Crippen LogP contribution is 2.31. The van der Waals surface area contributed by atoms with Crippen molar-refractivity contribution in [1.82, 2.24) is 24.8 Å². The lowest BCUT2D eigenvalue weighted by Gasteiger charge is -2.26. The molecule has 1 N–H and O–H groups in total. The molecule has 1 saturated heterocycles. The summed E-state index contributed by atoms with van der Waals surface area (Å²) in [6.45, 7) is 5.08. The molecule has 7 nitrogen and oxygen atoms in total. The maximum absolute atomic E-state index is 12.6. The van der Waals surface area contributed by atoms with Gasteiger partial charge in [0.05, 0.1) is 34.3 Å². The van der Waals surface area contributed by atoms with E-state index in [1.54, 1.807) is 16.9 Å². The number of nitrogens with one attached hydrogen (secondary N) is 1. The van der Waals surface area contributed by atoms with E-state index in [2.05, 4.69) is 20.3 Å². The van der Waals surface area contributed by atoms with E-state index >= 15 is 0 Å². The Morgan fingerprint density at radius 2 is 2.15 bits per heavy atom. The molecule has 0 bridgehead atoms. The minimum atomic E-state index is -0.152. The first-order chi connectivity index (χ1) is 13.2. The van der Waals surface area contributed by atoms with E-state index in [1.165, 1.54) is 11.3 Å². The Bertz CT molecular complexity index is 935. The fourth-order valence-electron chi connectivity index (χ4n) is 3.11. The summed E-state index contributed by atoms with van der Waals surface area (Å²) in [5.74, 6) is -0.152. The number of amides is 1. The number of rotatable bonds is 6. The lowest BCUT2D eigenvalue weighted by atomic mass is 10.3. The van der Waals surface area contributed by atoms with Gasteiger partial charge in [-0.15, -0.1) is 11.3 Å². The fourth-order valence-corrected chi connectivity index (χ4v) is 4.17. The van der Waals surface area contributed by atoms with Gasteiger partial charge in [-0.1, -0.05) is 11.6 Å². The lowest BCUT2D eigenvalue weighted by Crippen LogP contribution is -2.38. The third kappa shape index (κ3) is 4.14. The first-order valence-corrected chi connectivity index (χ1v) is 10.1. The van der Waals surface area contributed by atoms with Gasteiger partial charge < -0.3 is 10.1 Å². The maximum atomic E-state index is 12.6. The van der Waals surface area contributed by atoms with Crippen LogP contribution in [0.3, 0.4) is 0 Å². The number of fused-ring (bicyclic) bond motifs is 1. The molecule has 27 heavy (non-hydrogen) atoms. The molecule has 9 heteroatoms. The zero-order valence-electron chi connectivity index (χ0n) is 14.7. The van der Waals surface area contributed by atoms with E-state index < -0.39 is 0 Å². The van der Waals surface area contributed by atoms with Crippen LogP contribution in [0.1, 0.15) is 16.8 Å². The van der Waals surface area contributed by atoms with Gasteiger partial charge in [-0.3, -0.25) is 9.69 Å². The highest BCUT2D eigenvalue weighted by molar-refractivity contribution is 7.19. The number of nitrogens with zero attached hydrogens (tertiary/aromatic N) is 4. The molecule has 0 saturated carbocycles. The monoisotopic (exact) mass is 405 g/mol. The molecule has 0 unspecified atom stereocenters. The van der Waals surface area contributed by atoms with Gasteiger partial charge in [-0.05, 0) is 31.2 Å². The molecule has 1 fully saturated rings. The van der Waals surface area contributed by atoms with E-state index in [0.29, 0.717) is 22.1 Å². The molecule has 0 spiro atoms. The molecule has 1 amide bonds. The number of carbonyl (C=O) groups excluding carboxylic acids is 1. The third-order valence-electron chi connectivity index (χ3n) is 4.51. The number of halogens is 1. The smallest absolute Gasteiger partial charge is 0.256 e. The van der Waals surface area contributed by atoms with Crippen LogP contribution in [0.2, 0.25) is 4.34 Å². The van der Waals surface area contributed by atoms with Crippen molar-refractivity contribution in [2.75, 3.05) is 39.4 Å². The minimum Gasteiger partial charge on any atom is -0.379 e. The van der Waals surface area contributed by atoms with Gasteiger partial charge in [-0.2, -0.15) is 5.10 Å². The van der Waals surface area contributed by atoms with Gasteiger partial charge in [0.2, 0.25) is 0 Å². The van der Waals surface area contributed by atoms with Crippen LogP contribution in [0.5, 0.6) is 0 Å². The van der Waals surface area contributed by atoms with Crippen molar-refractivity contribution in [2.45, 2.75) is 6.42 Å². The Morgan fingerprint density at radius 3 is 2.93 bits per heavy atom. The number of carbonyl (C=O) groups is 1. The molecule has 3 aromatic rings. The molecule has 4 heterocycles. The SMILES string of the molecule is O=C(NCCCN1CCOCC1)c1cnn2c(-c3ccc(Cl)s3)ccnc12. The second kappa shape index (κ2) is 8.35. The van der Waals surface area contributed by atoms with Gasteiger partial charge in [0.1, 0.15) is 5.56 Å². The van der Waals surface area contributed by atoms with Gasteiger partial charge in [-0.25, -0.2) is 9.50 Å². The van der Waals surface area contributed by atoms with Crippen LogP contribution in [0.15, 0.2) is 30.6 Å². The van der Waals surface area contributed by atoms with Crippen LogP contribution in [-0.2, 0) is 4.74 Å². The van der Waals surface area contributed by atoms with Crippen LogP contribution in [-0.4, -0.2) is 64.8 Å². The number of morpholine rings is 1. The van der Waals surface area contributed by atoms with Gasteiger partial charge in [0.15, 0.2) is 5.65 Å². The minimum absolute atomic E-state index is 0.152. The Kier molecular flexibility index (Phi) is 5.68. The van der Waals surface area contributed by atoms with Crippen molar-refractivity contribution in [3.63, 3.8) is 0 Å². The number of thiophene rings is 1. The Morgan fingerprint density at radius 1 is 1.30 bits per heavy atom. The van der Waals surface area contributed by atoms with E-state index in [-0.39, 0.29) is 5.91 Å². The zero-order valence-corrected chi connectivity index (χ0v) is 16.3.